The number of esters is 1. The fourth-order valence-electron chi connectivity index (χ4n) is 4.81. The van der Waals surface area contributed by atoms with E-state index in [1.165, 1.54) is 26.3 Å². The molecular formula is C22H22FN2O4+. The van der Waals surface area contributed by atoms with Gasteiger partial charge in [0.15, 0.2) is 0 Å². The van der Waals surface area contributed by atoms with Crippen molar-refractivity contribution in [1.29, 1.82) is 0 Å². The quantitative estimate of drug-likeness (QED) is 0.612. The normalized spacial score (nSPS) is 28.5. The fourth-order valence-corrected chi connectivity index (χ4v) is 4.81. The maximum absolute atomic E-state index is 13.5. The van der Waals surface area contributed by atoms with Crippen LogP contribution in [-0.4, -0.2) is 42.4 Å². The lowest BCUT2D eigenvalue weighted by atomic mass is 9.76. The van der Waals surface area contributed by atoms with Gasteiger partial charge in [-0.2, -0.15) is 0 Å². The minimum atomic E-state index is -1.28. The lowest BCUT2D eigenvalue weighted by Crippen LogP contribution is -2.98. The standard InChI is InChI=1S/C22H21FN2O4/c1-25-19(26)16-17(20(25)27)22(21(28)29-2,12-13-6-4-3-5-7-13)24-18(16)14-8-10-15(23)11-9-14/h3-11,16-18,24H,12H2,1-2H3/p+1/t16-,17-,18-,22+/m0/s1. The molecule has 2 heterocycles. The van der Waals surface area contributed by atoms with Crippen LogP contribution in [0.4, 0.5) is 4.39 Å². The van der Waals surface area contributed by atoms with Gasteiger partial charge in [0, 0.05) is 19.0 Å². The maximum atomic E-state index is 13.5. The van der Waals surface area contributed by atoms with E-state index < -0.39 is 35.2 Å². The Balaban J connectivity index is 1.85. The minimum Gasteiger partial charge on any atom is -0.464 e. The Kier molecular flexibility index (Phi) is 4.70. The van der Waals surface area contributed by atoms with Gasteiger partial charge in [-0.25, -0.2) is 9.18 Å². The van der Waals surface area contributed by atoms with Gasteiger partial charge in [0.1, 0.15) is 23.7 Å². The first-order chi connectivity index (χ1) is 13.9. The molecule has 4 atom stereocenters. The van der Waals surface area contributed by atoms with Gasteiger partial charge >= 0.3 is 5.97 Å². The topological polar surface area (TPSA) is 80.3 Å². The number of ether oxygens (including phenoxy) is 1. The first-order valence-corrected chi connectivity index (χ1v) is 9.44. The Labute approximate surface area is 167 Å². The monoisotopic (exact) mass is 397 g/mol. The van der Waals surface area contributed by atoms with Crippen LogP contribution in [0.3, 0.4) is 0 Å². The highest BCUT2D eigenvalue weighted by Crippen LogP contribution is 2.45. The summed E-state index contributed by atoms with van der Waals surface area (Å²) < 4.78 is 18.6. The van der Waals surface area contributed by atoms with Gasteiger partial charge in [0.05, 0.1) is 7.11 Å². The Morgan fingerprint density at radius 3 is 2.38 bits per heavy atom. The van der Waals surface area contributed by atoms with Crippen molar-refractivity contribution in [3.63, 3.8) is 0 Å². The number of hydrogen-bond donors (Lipinski definition) is 1. The number of benzene rings is 2. The van der Waals surface area contributed by atoms with E-state index in [2.05, 4.69) is 0 Å². The highest BCUT2D eigenvalue weighted by atomic mass is 19.1. The molecule has 2 saturated heterocycles. The van der Waals surface area contributed by atoms with Crippen LogP contribution in [0.15, 0.2) is 54.6 Å². The zero-order chi connectivity index (χ0) is 20.8. The number of carbonyl (C=O) groups excluding carboxylic acids is 3. The molecule has 0 radical (unpaired) electrons. The van der Waals surface area contributed by atoms with Crippen molar-refractivity contribution in [3.8, 4) is 0 Å². The molecule has 7 heteroatoms. The zero-order valence-corrected chi connectivity index (χ0v) is 16.2. The predicted octanol–water partition coefficient (Wildman–Crippen LogP) is 0.829. The number of methoxy groups -OCH3 is 1. The number of nitrogens with two attached hydrogens (primary N) is 1. The highest BCUT2D eigenvalue weighted by Gasteiger charge is 2.71. The summed E-state index contributed by atoms with van der Waals surface area (Å²) in [4.78, 5) is 40.2. The van der Waals surface area contributed by atoms with E-state index in [9.17, 15) is 18.8 Å². The molecule has 29 heavy (non-hydrogen) atoms. The van der Waals surface area contributed by atoms with Gasteiger partial charge in [-0.15, -0.1) is 0 Å². The third kappa shape index (κ3) is 2.93. The number of halogens is 1. The maximum Gasteiger partial charge on any atom is 0.369 e. The molecule has 0 aromatic heterocycles. The third-order valence-corrected chi connectivity index (χ3v) is 6.15. The molecule has 0 unspecified atom stereocenters. The van der Waals surface area contributed by atoms with Gasteiger partial charge in [0.2, 0.25) is 17.4 Å². The number of amides is 2. The second-order valence-corrected chi connectivity index (χ2v) is 7.68. The van der Waals surface area contributed by atoms with Crippen molar-refractivity contribution < 1.29 is 28.8 Å². The summed E-state index contributed by atoms with van der Waals surface area (Å²) in [6.45, 7) is 0. The van der Waals surface area contributed by atoms with Crippen molar-refractivity contribution in [3.05, 3.63) is 71.5 Å². The van der Waals surface area contributed by atoms with Gasteiger partial charge in [-0.05, 0) is 17.7 Å². The smallest absolute Gasteiger partial charge is 0.369 e. The summed E-state index contributed by atoms with van der Waals surface area (Å²) in [5, 5.41) is 1.78. The van der Waals surface area contributed by atoms with E-state index in [0.717, 1.165) is 10.5 Å². The average molecular weight is 397 g/mol. The van der Waals surface area contributed by atoms with Crippen LogP contribution in [0.5, 0.6) is 0 Å². The molecule has 2 aromatic rings. The van der Waals surface area contributed by atoms with Crippen LogP contribution in [-0.2, 0) is 25.5 Å². The van der Waals surface area contributed by atoms with Crippen molar-refractivity contribution in [1.82, 2.24) is 4.90 Å². The van der Waals surface area contributed by atoms with Crippen LogP contribution < -0.4 is 5.32 Å². The molecular weight excluding hydrogens is 375 g/mol. The van der Waals surface area contributed by atoms with Crippen molar-refractivity contribution in [2.75, 3.05) is 14.2 Å². The zero-order valence-electron chi connectivity index (χ0n) is 16.2. The average Bonchev–Trinajstić information content (AvgIpc) is 3.19. The van der Waals surface area contributed by atoms with E-state index in [0.29, 0.717) is 5.56 Å². The third-order valence-electron chi connectivity index (χ3n) is 6.15. The van der Waals surface area contributed by atoms with E-state index in [4.69, 9.17) is 4.74 Å². The van der Waals surface area contributed by atoms with Crippen LogP contribution in [0.2, 0.25) is 0 Å². The second-order valence-electron chi connectivity index (χ2n) is 7.68. The van der Waals surface area contributed by atoms with Gasteiger partial charge in [0.25, 0.3) is 0 Å². The fraction of sp³-hybridized carbons (Fsp3) is 0.318. The first kappa shape index (κ1) is 19.3. The number of carbonyl (C=O) groups is 3. The number of hydrogen-bond acceptors (Lipinski definition) is 4. The van der Waals surface area contributed by atoms with Crippen molar-refractivity contribution in [2.45, 2.75) is 18.0 Å². The van der Waals surface area contributed by atoms with Crippen LogP contribution in [0.1, 0.15) is 17.2 Å². The van der Waals surface area contributed by atoms with Gasteiger partial charge in [-0.1, -0.05) is 42.5 Å². The van der Waals surface area contributed by atoms with E-state index >= 15 is 0 Å². The lowest BCUT2D eigenvalue weighted by Gasteiger charge is -2.29. The largest absolute Gasteiger partial charge is 0.464 e. The van der Waals surface area contributed by atoms with Crippen molar-refractivity contribution >= 4 is 17.8 Å². The number of fused-ring (bicyclic) bond motifs is 1. The number of likely N-dealkylation sites (tertiary alicyclic amines) is 1. The molecule has 2 fully saturated rings. The summed E-state index contributed by atoms with van der Waals surface area (Å²) in [5.41, 5.74) is 0.274. The Morgan fingerprint density at radius 1 is 1.10 bits per heavy atom. The van der Waals surface area contributed by atoms with Gasteiger partial charge < -0.3 is 10.1 Å². The van der Waals surface area contributed by atoms with Crippen LogP contribution in [0, 0.1) is 17.7 Å². The van der Waals surface area contributed by atoms with Gasteiger partial charge in [-0.3, -0.25) is 14.5 Å². The highest BCUT2D eigenvalue weighted by molar-refractivity contribution is 6.08. The summed E-state index contributed by atoms with van der Waals surface area (Å²) in [6.07, 6.45) is 0.242. The SMILES string of the molecule is COC(=O)[C@]1(Cc2ccccc2)[NH2+][C@@H](c2ccc(F)cc2)[C@H]2C(=O)N(C)C(=O)[C@H]21. The molecule has 0 bridgehead atoms. The molecule has 0 saturated carbocycles. The molecule has 2 amide bonds. The molecule has 2 N–H and O–H groups in total. The number of nitrogens with zero attached hydrogens (tertiary/aromatic N) is 1. The van der Waals surface area contributed by atoms with E-state index in [-0.39, 0.29) is 18.2 Å². The van der Waals surface area contributed by atoms with Crippen LogP contribution >= 0.6 is 0 Å². The number of quaternary nitrogens is 1. The molecule has 0 aliphatic carbocycles. The molecule has 2 aliphatic rings. The molecule has 4 rings (SSSR count). The molecule has 0 spiro atoms. The van der Waals surface area contributed by atoms with E-state index in [1.807, 2.05) is 30.3 Å². The number of imide groups is 1. The Morgan fingerprint density at radius 2 is 1.76 bits per heavy atom. The second kappa shape index (κ2) is 7.08. The first-order valence-electron chi connectivity index (χ1n) is 9.44. The Hall–Kier alpha value is -3.06. The minimum absolute atomic E-state index is 0.242. The molecule has 6 nitrogen and oxygen atoms in total. The molecule has 150 valence electrons. The molecule has 2 aliphatic heterocycles. The summed E-state index contributed by atoms with van der Waals surface area (Å²) in [5.74, 6) is -3.23. The van der Waals surface area contributed by atoms with Crippen LogP contribution in [0.25, 0.3) is 0 Å². The molecule has 2 aromatic carbocycles. The number of rotatable bonds is 4. The predicted molar refractivity (Wildman–Crippen MR) is 101 cm³/mol. The summed E-state index contributed by atoms with van der Waals surface area (Å²) >= 11 is 0. The van der Waals surface area contributed by atoms with E-state index in [1.54, 1.807) is 17.4 Å². The lowest BCUT2D eigenvalue weighted by molar-refractivity contribution is -0.734. The van der Waals surface area contributed by atoms with Crippen molar-refractivity contribution in [2.24, 2.45) is 11.8 Å². The summed E-state index contributed by atoms with van der Waals surface area (Å²) in [6, 6.07) is 14.7. The summed E-state index contributed by atoms with van der Waals surface area (Å²) in [7, 11) is 2.73. The Bertz CT molecular complexity index is 963.